The average molecular weight is 373 g/mol. The van der Waals surface area contributed by atoms with Gasteiger partial charge in [0.05, 0.1) is 16.9 Å². The highest BCUT2D eigenvalue weighted by atomic mass is 32.2. The van der Waals surface area contributed by atoms with Crippen molar-refractivity contribution in [2.45, 2.75) is 17.7 Å². The Hall–Kier alpha value is -2.99. The molecule has 0 amide bonds. The van der Waals surface area contributed by atoms with Gasteiger partial charge in [0.2, 0.25) is 0 Å². The lowest BCUT2D eigenvalue weighted by molar-refractivity contribution is 1.07. The molecule has 0 fully saturated rings. The molecule has 0 aliphatic carbocycles. The fourth-order valence-electron chi connectivity index (χ4n) is 3.43. The minimum Gasteiger partial charge on any atom is -0.355 e. The average Bonchev–Trinajstić information content (AvgIpc) is 3.30. The molecule has 0 saturated carbocycles. The summed E-state index contributed by atoms with van der Waals surface area (Å²) in [7, 11) is 0. The molecule has 2 aromatic carbocycles. The number of aromatic amines is 1. The molecule has 2 unspecified atom stereocenters. The Morgan fingerprint density at radius 3 is 2.48 bits per heavy atom. The minimum absolute atomic E-state index is 0.138. The summed E-state index contributed by atoms with van der Waals surface area (Å²) in [5.41, 5.74) is 6.72. The van der Waals surface area contributed by atoms with Crippen LogP contribution in [0.3, 0.4) is 0 Å². The van der Waals surface area contributed by atoms with Crippen LogP contribution in [-0.2, 0) is 0 Å². The summed E-state index contributed by atoms with van der Waals surface area (Å²) in [5.74, 6) is 0. The molecule has 27 heavy (non-hydrogen) atoms. The number of hydrogen-bond donors (Lipinski definition) is 3. The third kappa shape index (κ3) is 3.02. The van der Waals surface area contributed by atoms with Crippen molar-refractivity contribution in [2.75, 3.05) is 10.6 Å². The van der Waals surface area contributed by atoms with Crippen LogP contribution < -0.4 is 10.6 Å². The van der Waals surface area contributed by atoms with E-state index in [2.05, 4.69) is 75.2 Å². The van der Waals surface area contributed by atoms with Gasteiger partial charge in [-0.25, -0.2) is 0 Å². The number of nitrogens with one attached hydrogen (secondary N) is 3. The van der Waals surface area contributed by atoms with Crippen LogP contribution in [0, 0.1) is 0 Å². The van der Waals surface area contributed by atoms with E-state index in [1.54, 1.807) is 12.4 Å². The van der Waals surface area contributed by atoms with Gasteiger partial charge in [0, 0.05) is 28.6 Å². The number of rotatable bonds is 4. The highest BCUT2D eigenvalue weighted by Crippen LogP contribution is 2.41. The van der Waals surface area contributed by atoms with Crippen LogP contribution in [0.4, 0.5) is 11.4 Å². The summed E-state index contributed by atoms with van der Waals surface area (Å²) in [6.45, 7) is 2.24. The number of anilines is 2. The molecule has 2 aromatic heterocycles. The van der Waals surface area contributed by atoms with Gasteiger partial charge in [0.15, 0.2) is 0 Å². The maximum atomic E-state index is 4.50. The van der Waals surface area contributed by atoms with E-state index >= 15 is 0 Å². The zero-order valence-corrected chi connectivity index (χ0v) is 15.6. The Bertz CT molecular complexity index is 1080. The van der Waals surface area contributed by atoms with Gasteiger partial charge < -0.3 is 10.6 Å². The summed E-state index contributed by atoms with van der Waals surface area (Å²) in [6, 6.07) is 18.8. The molecular formula is C21H19N5S. The molecule has 0 radical (unpaired) electrons. The van der Waals surface area contributed by atoms with Gasteiger partial charge in [-0.15, -0.1) is 11.8 Å². The Morgan fingerprint density at radius 1 is 0.963 bits per heavy atom. The number of benzene rings is 2. The van der Waals surface area contributed by atoms with Crippen LogP contribution in [0.25, 0.3) is 22.2 Å². The largest absolute Gasteiger partial charge is 0.355 e. The molecular weight excluding hydrogens is 354 g/mol. The van der Waals surface area contributed by atoms with E-state index in [1.807, 2.05) is 23.9 Å². The van der Waals surface area contributed by atoms with Crippen molar-refractivity contribution >= 4 is 34.0 Å². The summed E-state index contributed by atoms with van der Waals surface area (Å²) in [6.07, 6.45) is 3.58. The van der Waals surface area contributed by atoms with E-state index in [9.17, 15) is 0 Å². The second kappa shape index (κ2) is 6.63. The molecule has 5 nitrogen and oxygen atoms in total. The fraction of sp³-hybridized carbons (Fsp3) is 0.143. The van der Waals surface area contributed by atoms with Gasteiger partial charge >= 0.3 is 0 Å². The summed E-state index contributed by atoms with van der Waals surface area (Å²) in [4.78, 5) is 4.09. The first-order valence-electron chi connectivity index (χ1n) is 8.94. The number of H-pyrrole nitrogens is 1. The third-order valence-corrected chi connectivity index (χ3v) is 6.03. The van der Waals surface area contributed by atoms with E-state index < -0.39 is 0 Å². The number of thioether (sulfide) groups is 1. The standard InChI is InChI=1S/C21H19N5S/c1-13(14-5-3-2-4-6-14)27-21-23-18-11-16-17(12-19(18)24-21)25-26-20(16)15-7-9-22-10-8-15/h2-13,21,23-24H,1H3,(H,25,26). The van der Waals surface area contributed by atoms with Gasteiger partial charge in [-0.3, -0.25) is 10.1 Å². The minimum atomic E-state index is 0.138. The first-order chi connectivity index (χ1) is 13.3. The molecule has 4 aromatic rings. The Labute approximate surface area is 161 Å². The van der Waals surface area contributed by atoms with Crippen molar-refractivity contribution in [3.05, 3.63) is 72.6 Å². The van der Waals surface area contributed by atoms with Crippen LogP contribution in [0.1, 0.15) is 17.7 Å². The zero-order chi connectivity index (χ0) is 18.2. The molecule has 3 N–H and O–H groups in total. The van der Waals surface area contributed by atoms with E-state index in [0.29, 0.717) is 5.25 Å². The molecule has 5 rings (SSSR count). The molecule has 0 spiro atoms. The summed E-state index contributed by atoms with van der Waals surface area (Å²) < 4.78 is 0. The third-order valence-electron chi connectivity index (χ3n) is 4.84. The molecule has 0 bridgehead atoms. The molecule has 6 heteroatoms. The highest BCUT2D eigenvalue weighted by molar-refractivity contribution is 8.00. The Balaban J connectivity index is 1.41. The van der Waals surface area contributed by atoms with Crippen molar-refractivity contribution in [1.82, 2.24) is 15.2 Å². The molecule has 1 aliphatic heterocycles. The Morgan fingerprint density at radius 2 is 1.70 bits per heavy atom. The predicted molar refractivity (Wildman–Crippen MR) is 113 cm³/mol. The van der Waals surface area contributed by atoms with Gasteiger partial charge in [0.25, 0.3) is 0 Å². The van der Waals surface area contributed by atoms with Crippen LogP contribution in [0.5, 0.6) is 0 Å². The first kappa shape index (κ1) is 16.2. The van der Waals surface area contributed by atoms with Gasteiger partial charge in [-0.2, -0.15) is 5.10 Å². The van der Waals surface area contributed by atoms with Crippen molar-refractivity contribution in [1.29, 1.82) is 0 Å². The zero-order valence-electron chi connectivity index (χ0n) is 14.8. The quantitative estimate of drug-likeness (QED) is 0.456. The maximum absolute atomic E-state index is 4.50. The van der Waals surface area contributed by atoms with Crippen molar-refractivity contribution < 1.29 is 0 Å². The monoisotopic (exact) mass is 373 g/mol. The molecule has 2 atom stereocenters. The number of nitrogens with zero attached hydrogens (tertiary/aromatic N) is 2. The van der Waals surface area contributed by atoms with Crippen LogP contribution in [-0.4, -0.2) is 20.7 Å². The Kier molecular flexibility index (Phi) is 3.98. The lowest BCUT2D eigenvalue weighted by Gasteiger charge is -2.17. The predicted octanol–water partition coefficient (Wildman–Crippen LogP) is 5.24. The summed E-state index contributed by atoms with van der Waals surface area (Å²) in [5, 5.41) is 16.3. The number of hydrogen-bond acceptors (Lipinski definition) is 5. The van der Waals surface area contributed by atoms with Crippen LogP contribution in [0.15, 0.2) is 67.0 Å². The fourth-order valence-corrected chi connectivity index (χ4v) is 4.54. The SMILES string of the molecule is CC(SC1Nc2cc3[nH]nc(-c4ccncc4)c3cc2N1)c1ccccc1. The summed E-state index contributed by atoms with van der Waals surface area (Å²) >= 11 is 1.87. The van der Waals surface area contributed by atoms with Gasteiger partial charge in [-0.1, -0.05) is 30.3 Å². The van der Waals surface area contributed by atoms with Crippen molar-refractivity contribution in [2.24, 2.45) is 0 Å². The molecule has 1 aliphatic rings. The highest BCUT2D eigenvalue weighted by Gasteiger charge is 2.24. The van der Waals surface area contributed by atoms with Gasteiger partial charge in [0.1, 0.15) is 11.2 Å². The van der Waals surface area contributed by atoms with Crippen LogP contribution in [0.2, 0.25) is 0 Å². The molecule has 0 saturated heterocycles. The van der Waals surface area contributed by atoms with Crippen molar-refractivity contribution in [3.8, 4) is 11.3 Å². The number of fused-ring (bicyclic) bond motifs is 2. The second-order valence-corrected chi connectivity index (χ2v) is 8.06. The molecule has 3 heterocycles. The topological polar surface area (TPSA) is 65.6 Å². The smallest absolute Gasteiger partial charge is 0.146 e. The second-order valence-electron chi connectivity index (χ2n) is 6.61. The van der Waals surface area contributed by atoms with E-state index in [4.69, 9.17) is 0 Å². The maximum Gasteiger partial charge on any atom is 0.146 e. The van der Waals surface area contributed by atoms with E-state index in [1.165, 1.54) is 5.56 Å². The van der Waals surface area contributed by atoms with E-state index in [-0.39, 0.29) is 5.50 Å². The van der Waals surface area contributed by atoms with Crippen molar-refractivity contribution in [3.63, 3.8) is 0 Å². The first-order valence-corrected chi connectivity index (χ1v) is 9.88. The van der Waals surface area contributed by atoms with E-state index in [0.717, 1.165) is 33.5 Å². The number of aromatic nitrogens is 3. The van der Waals surface area contributed by atoms with Crippen LogP contribution >= 0.6 is 11.8 Å². The lowest BCUT2D eigenvalue weighted by Crippen LogP contribution is -2.18. The number of pyridine rings is 1. The normalized spacial score (nSPS) is 16.6. The lowest BCUT2D eigenvalue weighted by atomic mass is 10.1. The van der Waals surface area contributed by atoms with Gasteiger partial charge in [-0.05, 0) is 36.8 Å². The molecule has 134 valence electrons.